The Morgan fingerprint density at radius 2 is 2.31 bits per heavy atom. The monoisotopic (exact) mass is 230 g/mol. The van der Waals surface area contributed by atoms with Gasteiger partial charge in [0.1, 0.15) is 0 Å². The number of aromatic nitrogens is 1. The van der Waals surface area contributed by atoms with E-state index in [1.165, 1.54) is 28.1 Å². The fourth-order valence-electron chi connectivity index (χ4n) is 1.77. The van der Waals surface area contributed by atoms with Crippen LogP contribution in [0.2, 0.25) is 0 Å². The molecule has 0 bridgehead atoms. The van der Waals surface area contributed by atoms with Gasteiger partial charge in [0.2, 0.25) is 0 Å². The summed E-state index contributed by atoms with van der Waals surface area (Å²) in [6.45, 7) is 0.591. The van der Waals surface area contributed by atoms with Gasteiger partial charge >= 0.3 is 0 Å². The highest BCUT2D eigenvalue weighted by atomic mass is 32.1. The molecule has 3 heteroatoms. The number of hydrogen-bond donors (Lipinski definition) is 1. The third kappa shape index (κ3) is 1.88. The van der Waals surface area contributed by atoms with Gasteiger partial charge in [0.15, 0.2) is 0 Å². The Labute approximate surface area is 98.8 Å². The minimum atomic E-state index is 0.591. The number of fused-ring (bicyclic) bond motifs is 1. The summed E-state index contributed by atoms with van der Waals surface area (Å²) >= 11 is 1.84. The maximum absolute atomic E-state index is 5.44. The van der Waals surface area contributed by atoms with Crippen molar-refractivity contribution in [3.8, 4) is 0 Å². The molecule has 2 N–H and O–H groups in total. The van der Waals surface area contributed by atoms with E-state index in [0.717, 1.165) is 11.4 Å². The molecule has 0 saturated heterocycles. The van der Waals surface area contributed by atoms with Crippen LogP contribution in [0.1, 0.15) is 29.3 Å². The van der Waals surface area contributed by atoms with Gasteiger partial charge in [-0.1, -0.05) is 18.2 Å². The van der Waals surface area contributed by atoms with E-state index in [0.29, 0.717) is 6.54 Å². The highest BCUT2D eigenvalue weighted by Gasteiger charge is 2.26. The summed E-state index contributed by atoms with van der Waals surface area (Å²) in [5.41, 5.74) is 7.79. The second-order valence-corrected chi connectivity index (χ2v) is 5.25. The molecule has 0 aliphatic heterocycles. The lowest BCUT2D eigenvalue weighted by molar-refractivity contribution is 1.10. The van der Waals surface area contributed by atoms with E-state index in [9.17, 15) is 0 Å². The Morgan fingerprint density at radius 3 is 3.06 bits per heavy atom. The van der Waals surface area contributed by atoms with Crippen LogP contribution in [0.15, 0.2) is 24.3 Å². The molecule has 0 amide bonds. The van der Waals surface area contributed by atoms with Crippen molar-refractivity contribution in [2.24, 2.45) is 5.73 Å². The third-order valence-corrected chi connectivity index (χ3v) is 3.98. The Hall–Kier alpha value is -1.19. The Balaban J connectivity index is 1.99. The summed E-state index contributed by atoms with van der Waals surface area (Å²) in [7, 11) is 0. The van der Waals surface area contributed by atoms with Crippen LogP contribution in [-0.2, 0) is 0 Å². The van der Waals surface area contributed by atoms with Crippen molar-refractivity contribution in [3.63, 3.8) is 0 Å². The molecule has 0 radical (unpaired) electrons. The van der Waals surface area contributed by atoms with Crippen LogP contribution in [0.3, 0.4) is 0 Å². The highest BCUT2D eigenvalue weighted by Crippen LogP contribution is 2.43. The van der Waals surface area contributed by atoms with Crippen LogP contribution in [0.25, 0.3) is 16.3 Å². The first-order valence-corrected chi connectivity index (χ1v) is 6.45. The van der Waals surface area contributed by atoms with Crippen molar-refractivity contribution in [1.82, 2.24) is 4.98 Å². The summed E-state index contributed by atoms with van der Waals surface area (Å²) in [6.07, 6.45) is 6.68. The lowest BCUT2D eigenvalue weighted by Crippen LogP contribution is -1.91. The number of thiazole rings is 1. The maximum Gasteiger partial charge on any atom is 0.0969 e. The molecule has 1 fully saturated rings. The van der Waals surface area contributed by atoms with Crippen molar-refractivity contribution < 1.29 is 0 Å². The largest absolute Gasteiger partial charge is 0.327 e. The van der Waals surface area contributed by atoms with Gasteiger partial charge < -0.3 is 5.73 Å². The van der Waals surface area contributed by atoms with E-state index in [1.54, 1.807) is 0 Å². The van der Waals surface area contributed by atoms with Crippen molar-refractivity contribution >= 4 is 27.6 Å². The topological polar surface area (TPSA) is 38.9 Å². The summed E-state index contributed by atoms with van der Waals surface area (Å²) in [6, 6.07) is 6.41. The van der Waals surface area contributed by atoms with E-state index >= 15 is 0 Å². The average molecular weight is 230 g/mol. The van der Waals surface area contributed by atoms with Crippen LogP contribution in [0, 0.1) is 0 Å². The zero-order chi connectivity index (χ0) is 11.0. The molecule has 0 atom stereocenters. The molecule has 3 rings (SSSR count). The molecule has 0 unspecified atom stereocenters. The van der Waals surface area contributed by atoms with E-state index in [-0.39, 0.29) is 0 Å². The Bertz CT molecular complexity index is 538. The molecular weight excluding hydrogens is 216 g/mol. The van der Waals surface area contributed by atoms with Gasteiger partial charge in [-0.2, -0.15) is 0 Å². The predicted octanol–water partition coefficient (Wildman–Crippen LogP) is 3.15. The van der Waals surface area contributed by atoms with Crippen molar-refractivity contribution in [2.45, 2.75) is 18.8 Å². The first-order valence-electron chi connectivity index (χ1n) is 5.64. The number of benzene rings is 1. The number of nitrogens with two attached hydrogens (primary N) is 1. The van der Waals surface area contributed by atoms with Crippen molar-refractivity contribution in [3.05, 3.63) is 34.8 Å². The minimum Gasteiger partial charge on any atom is -0.327 e. The molecule has 2 aromatic rings. The number of hydrogen-bond acceptors (Lipinski definition) is 3. The van der Waals surface area contributed by atoms with Gasteiger partial charge in [0, 0.05) is 12.5 Å². The van der Waals surface area contributed by atoms with E-state index in [1.807, 2.05) is 17.4 Å². The molecule has 1 heterocycles. The molecule has 1 aliphatic carbocycles. The summed E-state index contributed by atoms with van der Waals surface area (Å²) < 4.78 is 1.29. The Morgan fingerprint density at radius 1 is 1.44 bits per heavy atom. The lowest BCUT2D eigenvalue weighted by Gasteiger charge is -1.92. The zero-order valence-electron chi connectivity index (χ0n) is 9.02. The standard InChI is InChI=1S/C13H14N2S/c14-7-1-2-9-3-6-11-12(8-9)16-13(15-11)10-4-5-10/h1-3,6,8,10H,4-5,7,14H2/b2-1+. The van der Waals surface area contributed by atoms with Gasteiger partial charge in [-0.15, -0.1) is 11.3 Å². The summed E-state index contributed by atoms with van der Waals surface area (Å²) in [5, 5.41) is 1.31. The van der Waals surface area contributed by atoms with Crippen LogP contribution < -0.4 is 5.73 Å². The third-order valence-electron chi connectivity index (χ3n) is 2.80. The van der Waals surface area contributed by atoms with Gasteiger partial charge in [-0.3, -0.25) is 0 Å². The predicted molar refractivity (Wildman–Crippen MR) is 69.7 cm³/mol. The van der Waals surface area contributed by atoms with Crippen molar-refractivity contribution in [2.75, 3.05) is 6.54 Å². The van der Waals surface area contributed by atoms with E-state index < -0.39 is 0 Å². The Kier molecular flexibility index (Phi) is 2.50. The SMILES string of the molecule is NC/C=C/c1ccc2nc(C3CC3)sc2c1. The van der Waals surface area contributed by atoms with Gasteiger partial charge in [-0.05, 0) is 30.5 Å². The van der Waals surface area contributed by atoms with Crippen molar-refractivity contribution in [1.29, 1.82) is 0 Å². The molecule has 1 aromatic carbocycles. The first-order chi connectivity index (χ1) is 7.86. The second-order valence-electron chi connectivity index (χ2n) is 4.19. The zero-order valence-corrected chi connectivity index (χ0v) is 9.83. The number of nitrogens with zero attached hydrogens (tertiary/aromatic N) is 1. The van der Waals surface area contributed by atoms with Crippen LogP contribution in [-0.4, -0.2) is 11.5 Å². The molecular formula is C13H14N2S. The van der Waals surface area contributed by atoms with Crippen LogP contribution >= 0.6 is 11.3 Å². The van der Waals surface area contributed by atoms with Crippen LogP contribution in [0.4, 0.5) is 0 Å². The smallest absolute Gasteiger partial charge is 0.0969 e. The normalized spacial score (nSPS) is 16.3. The lowest BCUT2D eigenvalue weighted by atomic mass is 10.2. The molecule has 1 aromatic heterocycles. The van der Waals surface area contributed by atoms with Gasteiger partial charge in [0.25, 0.3) is 0 Å². The summed E-state index contributed by atoms with van der Waals surface area (Å²) in [4.78, 5) is 4.67. The fraction of sp³-hybridized carbons (Fsp3) is 0.308. The quantitative estimate of drug-likeness (QED) is 0.879. The summed E-state index contributed by atoms with van der Waals surface area (Å²) in [5.74, 6) is 0.750. The first kappa shape index (κ1) is 10.00. The van der Waals surface area contributed by atoms with Crippen LogP contribution in [0.5, 0.6) is 0 Å². The second kappa shape index (κ2) is 4.00. The molecule has 2 nitrogen and oxygen atoms in total. The maximum atomic E-state index is 5.44. The minimum absolute atomic E-state index is 0.591. The average Bonchev–Trinajstić information content (AvgIpc) is 3.06. The van der Waals surface area contributed by atoms with Gasteiger partial charge in [-0.25, -0.2) is 4.98 Å². The number of rotatable bonds is 3. The molecule has 16 heavy (non-hydrogen) atoms. The van der Waals surface area contributed by atoms with E-state index in [2.05, 4.69) is 29.3 Å². The van der Waals surface area contributed by atoms with E-state index in [4.69, 9.17) is 5.73 Å². The van der Waals surface area contributed by atoms with Gasteiger partial charge in [0.05, 0.1) is 15.2 Å². The highest BCUT2D eigenvalue weighted by molar-refractivity contribution is 7.18. The fourth-order valence-corrected chi connectivity index (χ4v) is 2.96. The molecule has 0 spiro atoms. The molecule has 82 valence electrons. The molecule has 1 saturated carbocycles. The molecule has 1 aliphatic rings.